The zero-order valence-corrected chi connectivity index (χ0v) is 8.65. The van der Waals surface area contributed by atoms with E-state index in [0.29, 0.717) is 6.54 Å². The average Bonchev–Trinajstić information content (AvgIpc) is 2.55. The second kappa shape index (κ2) is 4.64. The van der Waals surface area contributed by atoms with Crippen molar-refractivity contribution in [1.29, 1.82) is 0 Å². The molecule has 0 radical (unpaired) electrons. The van der Waals surface area contributed by atoms with Crippen LogP contribution in [0.3, 0.4) is 0 Å². The van der Waals surface area contributed by atoms with E-state index in [1.807, 2.05) is 13.8 Å². The molecule has 0 aliphatic carbocycles. The number of nitrogens with one attached hydrogen (secondary N) is 1. The highest BCUT2D eigenvalue weighted by atomic mass is 16.6. The van der Waals surface area contributed by atoms with Crippen LogP contribution in [0.15, 0.2) is 12.4 Å². The van der Waals surface area contributed by atoms with Crippen molar-refractivity contribution in [3.05, 3.63) is 18.0 Å². The number of aromatic amines is 1. The van der Waals surface area contributed by atoms with Crippen molar-refractivity contribution in [2.45, 2.75) is 26.5 Å². The molecule has 1 aromatic heterocycles. The number of hydrogen-bond acceptors (Lipinski definition) is 3. The number of rotatable bonds is 3. The summed E-state index contributed by atoms with van der Waals surface area (Å²) in [7, 11) is 1.69. The molecule has 14 heavy (non-hydrogen) atoms. The van der Waals surface area contributed by atoms with E-state index in [2.05, 4.69) is 10.2 Å². The minimum atomic E-state index is -0.318. The van der Waals surface area contributed by atoms with Gasteiger partial charge in [0.05, 0.1) is 18.8 Å². The molecule has 0 spiro atoms. The molecule has 5 nitrogen and oxygen atoms in total. The van der Waals surface area contributed by atoms with Gasteiger partial charge in [0.1, 0.15) is 0 Å². The van der Waals surface area contributed by atoms with Crippen molar-refractivity contribution in [3.63, 3.8) is 0 Å². The van der Waals surface area contributed by atoms with Gasteiger partial charge in [-0.1, -0.05) is 0 Å². The fourth-order valence-electron chi connectivity index (χ4n) is 0.994. The molecule has 0 saturated heterocycles. The Kier molecular flexibility index (Phi) is 3.50. The van der Waals surface area contributed by atoms with Crippen molar-refractivity contribution in [2.24, 2.45) is 0 Å². The van der Waals surface area contributed by atoms with Crippen LogP contribution in [0.1, 0.15) is 19.4 Å². The van der Waals surface area contributed by atoms with Crippen LogP contribution >= 0.6 is 0 Å². The standard InChI is InChI=1S/C9H15N3O2/c1-7(2)14-9(13)12(3)6-8-4-10-11-5-8/h4-5,7H,6H2,1-3H3,(H,10,11). The van der Waals surface area contributed by atoms with Crippen molar-refractivity contribution < 1.29 is 9.53 Å². The van der Waals surface area contributed by atoms with Crippen molar-refractivity contribution in [2.75, 3.05) is 7.05 Å². The Hall–Kier alpha value is -1.52. The fourth-order valence-corrected chi connectivity index (χ4v) is 0.994. The highest BCUT2D eigenvalue weighted by Gasteiger charge is 2.12. The van der Waals surface area contributed by atoms with E-state index in [4.69, 9.17) is 4.74 Å². The zero-order valence-electron chi connectivity index (χ0n) is 8.65. The van der Waals surface area contributed by atoms with Crippen LogP contribution in [0.25, 0.3) is 0 Å². The number of nitrogens with zero attached hydrogens (tertiary/aromatic N) is 2. The van der Waals surface area contributed by atoms with E-state index >= 15 is 0 Å². The molecule has 0 fully saturated rings. The first-order valence-electron chi connectivity index (χ1n) is 4.49. The first-order chi connectivity index (χ1) is 6.59. The van der Waals surface area contributed by atoms with Crippen LogP contribution < -0.4 is 0 Å². The molecule has 78 valence electrons. The van der Waals surface area contributed by atoms with Crippen molar-refractivity contribution >= 4 is 6.09 Å². The second-order valence-corrected chi connectivity index (χ2v) is 3.40. The average molecular weight is 197 g/mol. The second-order valence-electron chi connectivity index (χ2n) is 3.40. The normalized spacial score (nSPS) is 10.3. The number of ether oxygens (including phenoxy) is 1. The highest BCUT2D eigenvalue weighted by Crippen LogP contribution is 2.02. The van der Waals surface area contributed by atoms with E-state index in [1.165, 1.54) is 4.90 Å². The number of H-pyrrole nitrogens is 1. The van der Waals surface area contributed by atoms with Gasteiger partial charge in [-0.05, 0) is 13.8 Å². The number of aromatic nitrogens is 2. The van der Waals surface area contributed by atoms with E-state index in [1.54, 1.807) is 19.4 Å². The third-order valence-electron chi connectivity index (χ3n) is 1.62. The molecule has 0 saturated carbocycles. The Morgan fingerprint density at radius 2 is 2.43 bits per heavy atom. The summed E-state index contributed by atoms with van der Waals surface area (Å²) in [6, 6.07) is 0. The Labute approximate surface area is 83.1 Å². The van der Waals surface area contributed by atoms with Gasteiger partial charge in [-0.25, -0.2) is 4.79 Å². The maximum atomic E-state index is 11.4. The zero-order chi connectivity index (χ0) is 10.6. The van der Waals surface area contributed by atoms with Crippen LogP contribution in [-0.4, -0.2) is 34.3 Å². The molecule has 1 rings (SSSR count). The Bertz CT molecular complexity index is 282. The van der Waals surface area contributed by atoms with Crippen LogP contribution in [0, 0.1) is 0 Å². The fraction of sp³-hybridized carbons (Fsp3) is 0.556. The van der Waals surface area contributed by atoms with E-state index < -0.39 is 0 Å². The molecule has 0 aromatic carbocycles. The summed E-state index contributed by atoms with van der Waals surface area (Å²) >= 11 is 0. The monoisotopic (exact) mass is 197 g/mol. The van der Waals surface area contributed by atoms with Gasteiger partial charge < -0.3 is 9.64 Å². The lowest BCUT2D eigenvalue weighted by atomic mass is 10.3. The summed E-state index contributed by atoms with van der Waals surface area (Å²) in [4.78, 5) is 12.9. The lowest BCUT2D eigenvalue weighted by Crippen LogP contribution is -2.28. The summed E-state index contributed by atoms with van der Waals surface area (Å²) in [5, 5.41) is 6.48. The molecular formula is C9H15N3O2. The van der Waals surface area contributed by atoms with E-state index in [9.17, 15) is 4.79 Å². The molecule has 1 N–H and O–H groups in total. The van der Waals surface area contributed by atoms with Gasteiger partial charge in [0, 0.05) is 18.8 Å². The highest BCUT2D eigenvalue weighted by molar-refractivity contribution is 5.67. The largest absolute Gasteiger partial charge is 0.447 e. The first-order valence-corrected chi connectivity index (χ1v) is 4.49. The first kappa shape index (κ1) is 10.6. The van der Waals surface area contributed by atoms with Gasteiger partial charge in [-0.2, -0.15) is 5.10 Å². The minimum Gasteiger partial charge on any atom is -0.447 e. The van der Waals surface area contributed by atoms with Gasteiger partial charge >= 0.3 is 6.09 Å². The van der Waals surface area contributed by atoms with Crippen LogP contribution in [-0.2, 0) is 11.3 Å². The number of carbonyl (C=O) groups excluding carboxylic acids is 1. The Balaban J connectivity index is 2.42. The summed E-state index contributed by atoms with van der Waals surface area (Å²) < 4.78 is 5.02. The Morgan fingerprint density at radius 3 is 2.93 bits per heavy atom. The predicted molar refractivity (Wildman–Crippen MR) is 51.7 cm³/mol. The molecule has 0 aliphatic heterocycles. The molecule has 0 aliphatic rings. The predicted octanol–water partition coefficient (Wildman–Crippen LogP) is 1.39. The molecule has 1 heterocycles. The van der Waals surface area contributed by atoms with Crippen molar-refractivity contribution in [1.82, 2.24) is 15.1 Å². The lowest BCUT2D eigenvalue weighted by Gasteiger charge is -2.17. The molecular weight excluding hydrogens is 182 g/mol. The molecule has 5 heteroatoms. The quantitative estimate of drug-likeness (QED) is 0.796. The maximum Gasteiger partial charge on any atom is 0.410 e. The SMILES string of the molecule is CC(C)OC(=O)N(C)Cc1cn[nH]c1. The summed E-state index contributed by atoms with van der Waals surface area (Å²) in [5.74, 6) is 0. The maximum absolute atomic E-state index is 11.4. The summed E-state index contributed by atoms with van der Waals surface area (Å²) in [6.07, 6.45) is 3.02. The molecule has 1 aromatic rings. The third-order valence-corrected chi connectivity index (χ3v) is 1.62. The van der Waals surface area contributed by atoms with Gasteiger partial charge in [-0.3, -0.25) is 5.10 Å². The Morgan fingerprint density at radius 1 is 1.71 bits per heavy atom. The van der Waals surface area contributed by atoms with Crippen LogP contribution in [0.2, 0.25) is 0 Å². The molecule has 0 bridgehead atoms. The van der Waals surface area contributed by atoms with Crippen molar-refractivity contribution in [3.8, 4) is 0 Å². The van der Waals surface area contributed by atoms with Crippen LogP contribution in [0.5, 0.6) is 0 Å². The van der Waals surface area contributed by atoms with Gasteiger partial charge in [0.25, 0.3) is 0 Å². The van der Waals surface area contributed by atoms with Gasteiger partial charge in [0.2, 0.25) is 0 Å². The van der Waals surface area contributed by atoms with E-state index in [0.717, 1.165) is 5.56 Å². The number of carbonyl (C=O) groups is 1. The molecule has 0 unspecified atom stereocenters. The van der Waals surface area contributed by atoms with E-state index in [-0.39, 0.29) is 12.2 Å². The van der Waals surface area contributed by atoms with Gasteiger partial charge in [-0.15, -0.1) is 0 Å². The summed E-state index contributed by atoms with van der Waals surface area (Å²) in [5.41, 5.74) is 0.952. The number of hydrogen-bond donors (Lipinski definition) is 1. The smallest absolute Gasteiger partial charge is 0.410 e. The molecule has 1 amide bonds. The molecule has 0 atom stereocenters. The number of amides is 1. The minimum absolute atomic E-state index is 0.0886. The van der Waals surface area contributed by atoms with Gasteiger partial charge in [0.15, 0.2) is 0 Å². The topological polar surface area (TPSA) is 58.2 Å². The van der Waals surface area contributed by atoms with Crippen LogP contribution in [0.4, 0.5) is 4.79 Å². The third kappa shape index (κ3) is 3.08. The lowest BCUT2D eigenvalue weighted by molar-refractivity contribution is 0.0822. The summed E-state index contributed by atoms with van der Waals surface area (Å²) in [6.45, 7) is 4.15.